The van der Waals surface area contributed by atoms with Crippen molar-refractivity contribution >= 4 is 14.3 Å². The maximum absolute atomic E-state index is 11.9. The van der Waals surface area contributed by atoms with Gasteiger partial charge in [0.25, 0.3) is 0 Å². The van der Waals surface area contributed by atoms with E-state index in [1.54, 1.807) is 0 Å². The molecule has 0 bridgehead atoms. The number of carbonyl (C=O) groups is 1. The summed E-state index contributed by atoms with van der Waals surface area (Å²) in [6, 6.07) is 0. The van der Waals surface area contributed by atoms with E-state index >= 15 is 0 Å². The summed E-state index contributed by atoms with van der Waals surface area (Å²) >= 11 is 0. The molecule has 0 unspecified atom stereocenters. The van der Waals surface area contributed by atoms with Gasteiger partial charge >= 0.3 is 5.97 Å². The second-order valence-corrected chi connectivity index (χ2v) is 12.6. The monoisotopic (exact) mass is 333 g/mol. The van der Waals surface area contributed by atoms with Gasteiger partial charge in [-0.3, -0.25) is 9.69 Å². The first kappa shape index (κ1) is 21.6. The minimum Gasteiger partial charge on any atom is -0.459 e. The topological polar surface area (TPSA) is 70.0 Å². The number of hydrogen-bond donors (Lipinski definition) is 2. The second kappa shape index (κ2) is 8.43. The van der Waals surface area contributed by atoms with Crippen molar-refractivity contribution in [3.8, 4) is 0 Å². The highest BCUT2D eigenvalue weighted by molar-refractivity contribution is 6.72. The predicted octanol–water partition coefficient (Wildman–Crippen LogP) is 2.38. The predicted molar refractivity (Wildman–Crippen MR) is 92.3 cm³/mol. The molecular formula is C16H35NO4Si. The van der Waals surface area contributed by atoms with Gasteiger partial charge < -0.3 is 14.6 Å². The number of carbonyl (C=O) groups excluding carboxylic acids is 1. The second-order valence-electron chi connectivity index (χ2n) is 8.13. The molecule has 0 aromatic carbocycles. The number of ether oxygens (including phenoxy) is 1. The van der Waals surface area contributed by atoms with Gasteiger partial charge in [0.05, 0.1) is 13.2 Å². The van der Waals surface area contributed by atoms with Crippen LogP contribution in [0.2, 0.25) is 18.1 Å². The van der Waals surface area contributed by atoms with Crippen LogP contribution in [0.25, 0.3) is 0 Å². The number of nitrogens with zero attached hydrogens (tertiary/aromatic N) is 1. The average molecular weight is 334 g/mol. The van der Waals surface area contributed by atoms with Crippen LogP contribution in [0.15, 0.2) is 0 Å². The summed E-state index contributed by atoms with van der Waals surface area (Å²) < 4.78 is 5.32. The summed E-state index contributed by atoms with van der Waals surface area (Å²) in [7, 11) is -2.20. The lowest BCUT2D eigenvalue weighted by Crippen LogP contribution is -2.40. The standard InChI is InChI=1S/C16H35NO4Si/c1-15(2,3)21-14(19)13-17(11-12-18)10-8-9-16(4,5)22(6,7)20/h18,20H,8-13H2,1-7H3. The molecule has 0 aliphatic carbocycles. The first-order chi connectivity index (χ1) is 9.78. The van der Waals surface area contributed by atoms with E-state index in [2.05, 4.69) is 13.8 Å². The Bertz CT molecular complexity index is 345. The number of rotatable bonds is 9. The van der Waals surface area contributed by atoms with E-state index < -0.39 is 13.9 Å². The van der Waals surface area contributed by atoms with Gasteiger partial charge in [-0.2, -0.15) is 0 Å². The molecule has 0 aromatic heterocycles. The van der Waals surface area contributed by atoms with Gasteiger partial charge in [-0.25, -0.2) is 0 Å². The Labute approximate surface area is 136 Å². The summed E-state index contributed by atoms with van der Waals surface area (Å²) in [6.07, 6.45) is 1.78. The third-order valence-electron chi connectivity index (χ3n) is 4.12. The minimum atomic E-state index is -2.20. The van der Waals surface area contributed by atoms with Crippen molar-refractivity contribution in [2.24, 2.45) is 0 Å². The highest BCUT2D eigenvalue weighted by Gasteiger charge is 2.37. The summed E-state index contributed by atoms with van der Waals surface area (Å²) in [5, 5.41) is 9.08. The highest BCUT2D eigenvalue weighted by atomic mass is 28.4. The van der Waals surface area contributed by atoms with Crippen LogP contribution in [0.1, 0.15) is 47.5 Å². The van der Waals surface area contributed by atoms with Gasteiger partial charge in [0.1, 0.15) is 5.60 Å². The van der Waals surface area contributed by atoms with E-state index in [-0.39, 0.29) is 24.2 Å². The maximum Gasteiger partial charge on any atom is 0.320 e. The molecule has 0 spiro atoms. The molecule has 0 heterocycles. The van der Waals surface area contributed by atoms with Gasteiger partial charge in [0.15, 0.2) is 8.32 Å². The van der Waals surface area contributed by atoms with Crippen LogP contribution in [0.5, 0.6) is 0 Å². The Morgan fingerprint density at radius 3 is 2.09 bits per heavy atom. The van der Waals surface area contributed by atoms with E-state index in [1.165, 1.54) is 0 Å². The normalized spacial score (nSPS) is 13.5. The van der Waals surface area contributed by atoms with Crippen LogP contribution in [0.4, 0.5) is 0 Å². The lowest BCUT2D eigenvalue weighted by Gasteiger charge is -2.35. The fourth-order valence-corrected chi connectivity index (χ4v) is 2.81. The number of hydrogen-bond acceptors (Lipinski definition) is 5. The lowest BCUT2D eigenvalue weighted by molar-refractivity contribution is -0.156. The zero-order valence-electron chi connectivity index (χ0n) is 15.4. The van der Waals surface area contributed by atoms with Crippen molar-refractivity contribution in [1.82, 2.24) is 4.90 Å². The lowest BCUT2D eigenvalue weighted by atomic mass is 10.1. The van der Waals surface area contributed by atoms with Crippen molar-refractivity contribution in [3.63, 3.8) is 0 Å². The van der Waals surface area contributed by atoms with Crippen LogP contribution in [-0.2, 0) is 9.53 Å². The molecule has 0 fully saturated rings. The van der Waals surface area contributed by atoms with Crippen LogP contribution in [-0.4, -0.2) is 60.9 Å². The molecule has 0 atom stereocenters. The van der Waals surface area contributed by atoms with Crippen LogP contribution in [0, 0.1) is 0 Å². The van der Waals surface area contributed by atoms with Gasteiger partial charge in [0, 0.05) is 6.54 Å². The first-order valence-electron chi connectivity index (χ1n) is 8.06. The molecule has 132 valence electrons. The molecule has 2 N–H and O–H groups in total. The molecular weight excluding hydrogens is 298 g/mol. The Kier molecular flexibility index (Phi) is 8.26. The van der Waals surface area contributed by atoms with Crippen molar-refractivity contribution < 1.29 is 19.4 Å². The Balaban J connectivity index is 4.40. The SMILES string of the molecule is CC(C)(C)OC(=O)CN(CCO)CCCC(C)(C)[Si](C)(C)O. The van der Waals surface area contributed by atoms with Crippen LogP contribution >= 0.6 is 0 Å². The van der Waals surface area contributed by atoms with Crippen LogP contribution in [0.3, 0.4) is 0 Å². The zero-order valence-corrected chi connectivity index (χ0v) is 16.4. The molecule has 0 saturated carbocycles. The molecule has 0 radical (unpaired) electrons. The van der Waals surface area contributed by atoms with Crippen LogP contribution < -0.4 is 0 Å². The molecule has 0 aliphatic rings. The Morgan fingerprint density at radius 2 is 1.68 bits per heavy atom. The van der Waals surface area contributed by atoms with Crippen molar-refractivity contribution in [2.45, 2.75) is 71.2 Å². The van der Waals surface area contributed by atoms with E-state index in [4.69, 9.17) is 9.84 Å². The van der Waals surface area contributed by atoms with Gasteiger partial charge in [-0.05, 0) is 58.3 Å². The number of aliphatic hydroxyl groups is 1. The van der Waals surface area contributed by atoms with Crippen molar-refractivity contribution in [1.29, 1.82) is 0 Å². The summed E-state index contributed by atoms with van der Waals surface area (Å²) in [5.74, 6) is -0.267. The van der Waals surface area contributed by atoms with Gasteiger partial charge in [0.2, 0.25) is 0 Å². The smallest absolute Gasteiger partial charge is 0.320 e. The number of esters is 1. The first-order valence-corrected chi connectivity index (χ1v) is 11.0. The van der Waals surface area contributed by atoms with Crippen molar-refractivity contribution in [2.75, 3.05) is 26.2 Å². The average Bonchev–Trinajstić information content (AvgIpc) is 2.24. The van der Waals surface area contributed by atoms with Crippen molar-refractivity contribution in [3.05, 3.63) is 0 Å². The zero-order chi connectivity index (χ0) is 17.6. The maximum atomic E-state index is 11.9. The molecule has 0 amide bonds. The summed E-state index contributed by atoms with van der Waals surface area (Å²) in [6.45, 7) is 15.0. The largest absolute Gasteiger partial charge is 0.459 e. The third kappa shape index (κ3) is 8.88. The molecule has 6 heteroatoms. The summed E-state index contributed by atoms with van der Waals surface area (Å²) in [4.78, 5) is 24.1. The minimum absolute atomic E-state index is 0.0203. The molecule has 5 nitrogen and oxygen atoms in total. The van der Waals surface area contributed by atoms with Gasteiger partial charge in [-0.15, -0.1) is 0 Å². The number of aliphatic hydroxyl groups excluding tert-OH is 1. The highest BCUT2D eigenvalue weighted by Crippen LogP contribution is 2.39. The molecule has 22 heavy (non-hydrogen) atoms. The molecule has 0 aromatic rings. The fourth-order valence-electron chi connectivity index (χ4n) is 2.02. The Hall–Kier alpha value is -0.433. The van der Waals surface area contributed by atoms with E-state index in [9.17, 15) is 9.59 Å². The fraction of sp³-hybridized carbons (Fsp3) is 0.938. The molecule has 0 rings (SSSR count). The van der Waals surface area contributed by atoms with E-state index in [0.29, 0.717) is 13.1 Å². The quantitative estimate of drug-likeness (QED) is 0.501. The summed E-state index contributed by atoms with van der Waals surface area (Å²) in [5.41, 5.74) is -0.490. The Morgan fingerprint density at radius 1 is 1.14 bits per heavy atom. The third-order valence-corrected chi connectivity index (χ3v) is 7.68. The molecule has 0 aliphatic heterocycles. The molecule has 0 saturated heterocycles. The van der Waals surface area contributed by atoms with E-state index in [0.717, 1.165) is 12.8 Å². The van der Waals surface area contributed by atoms with Gasteiger partial charge in [-0.1, -0.05) is 13.8 Å². The van der Waals surface area contributed by atoms with E-state index in [1.807, 2.05) is 38.8 Å².